The Labute approximate surface area is 92.5 Å². The van der Waals surface area contributed by atoms with Gasteiger partial charge in [0, 0.05) is 0 Å². The molecular weight excluding hydrogens is 288 g/mol. The van der Waals surface area contributed by atoms with Gasteiger partial charge in [0.05, 0.1) is 15.9 Å². The van der Waals surface area contributed by atoms with Crippen molar-refractivity contribution in [1.82, 2.24) is 0 Å². The topological polar surface area (TPSA) is 88.7 Å². The summed E-state index contributed by atoms with van der Waals surface area (Å²) in [6.07, 6.45) is 0. The minimum absolute atomic E-state index is 0. The SMILES string of the molecule is O.O=S(=O)([O-])Cc1ccccc1.[Ag+]. The summed E-state index contributed by atoms with van der Waals surface area (Å²) in [5.41, 5.74) is 0.530. The number of hydrogen-bond acceptors (Lipinski definition) is 3. The minimum atomic E-state index is -4.13. The van der Waals surface area contributed by atoms with Crippen LogP contribution in [-0.2, 0) is 38.3 Å². The maximum atomic E-state index is 10.2. The number of benzene rings is 1. The van der Waals surface area contributed by atoms with Gasteiger partial charge < -0.3 is 10.0 Å². The van der Waals surface area contributed by atoms with Gasteiger partial charge in [0.25, 0.3) is 0 Å². The molecule has 0 unspecified atom stereocenters. The molecular formula is C7H9AgO4S. The van der Waals surface area contributed by atoms with Crippen LogP contribution in [0.3, 0.4) is 0 Å². The summed E-state index contributed by atoms with van der Waals surface area (Å²) in [6.45, 7) is 0. The molecule has 0 atom stereocenters. The fourth-order valence-corrected chi connectivity index (χ4v) is 1.38. The Bertz CT molecular complexity index is 322. The van der Waals surface area contributed by atoms with Crippen LogP contribution in [0.1, 0.15) is 5.56 Å². The first kappa shape index (κ1) is 15.3. The van der Waals surface area contributed by atoms with E-state index in [4.69, 9.17) is 0 Å². The van der Waals surface area contributed by atoms with Crippen molar-refractivity contribution in [2.75, 3.05) is 0 Å². The normalized spacial score (nSPS) is 9.62. The second-order valence-corrected chi connectivity index (χ2v) is 3.59. The molecule has 0 saturated carbocycles. The third kappa shape index (κ3) is 6.94. The molecule has 0 aromatic heterocycles. The molecule has 13 heavy (non-hydrogen) atoms. The van der Waals surface area contributed by atoms with E-state index in [1.54, 1.807) is 30.3 Å². The van der Waals surface area contributed by atoms with Crippen molar-refractivity contribution in [1.29, 1.82) is 0 Å². The molecule has 2 N–H and O–H groups in total. The summed E-state index contributed by atoms with van der Waals surface area (Å²) < 4.78 is 30.7. The number of hydrogen-bond donors (Lipinski definition) is 0. The summed E-state index contributed by atoms with van der Waals surface area (Å²) in [7, 11) is -4.13. The first-order valence-electron chi connectivity index (χ1n) is 3.05. The average molecular weight is 297 g/mol. The van der Waals surface area contributed by atoms with Crippen LogP contribution in [-0.4, -0.2) is 18.4 Å². The largest absolute Gasteiger partial charge is 1.00 e. The average Bonchev–Trinajstić information content (AvgIpc) is 1.85. The van der Waals surface area contributed by atoms with E-state index in [-0.39, 0.29) is 27.9 Å². The molecule has 78 valence electrons. The van der Waals surface area contributed by atoms with E-state index in [1.165, 1.54) is 0 Å². The van der Waals surface area contributed by atoms with E-state index in [0.29, 0.717) is 5.56 Å². The fraction of sp³-hybridized carbons (Fsp3) is 0.143. The van der Waals surface area contributed by atoms with E-state index < -0.39 is 15.9 Å². The third-order valence-corrected chi connectivity index (χ3v) is 1.87. The Balaban J connectivity index is 0. The van der Waals surface area contributed by atoms with E-state index in [0.717, 1.165) is 0 Å². The van der Waals surface area contributed by atoms with Gasteiger partial charge in [-0.2, -0.15) is 0 Å². The molecule has 1 aromatic carbocycles. The molecule has 0 aliphatic carbocycles. The molecule has 0 spiro atoms. The van der Waals surface area contributed by atoms with Crippen LogP contribution in [0, 0.1) is 0 Å². The summed E-state index contributed by atoms with van der Waals surface area (Å²) in [5.74, 6) is -0.423. The van der Waals surface area contributed by atoms with E-state index in [9.17, 15) is 13.0 Å². The smallest absolute Gasteiger partial charge is 0.748 e. The van der Waals surface area contributed by atoms with Crippen LogP contribution in [0.4, 0.5) is 0 Å². The Morgan fingerprint density at radius 2 is 1.62 bits per heavy atom. The Morgan fingerprint density at radius 1 is 1.15 bits per heavy atom. The van der Waals surface area contributed by atoms with Gasteiger partial charge in [-0.15, -0.1) is 0 Å². The monoisotopic (exact) mass is 296 g/mol. The molecule has 0 aliphatic rings. The predicted molar refractivity (Wildman–Crippen MR) is 43.5 cm³/mol. The van der Waals surface area contributed by atoms with Gasteiger partial charge in [0.1, 0.15) is 0 Å². The molecule has 0 amide bonds. The first-order valence-corrected chi connectivity index (χ1v) is 4.63. The van der Waals surface area contributed by atoms with Crippen molar-refractivity contribution in [2.45, 2.75) is 5.75 Å². The van der Waals surface area contributed by atoms with Gasteiger partial charge in [0.15, 0.2) is 0 Å². The van der Waals surface area contributed by atoms with Crippen molar-refractivity contribution in [3.63, 3.8) is 0 Å². The van der Waals surface area contributed by atoms with Crippen LogP contribution < -0.4 is 0 Å². The second-order valence-electron chi connectivity index (χ2n) is 2.19. The van der Waals surface area contributed by atoms with Crippen molar-refractivity contribution >= 4 is 10.1 Å². The fourth-order valence-electron chi connectivity index (χ4n) is 0.778. The molecule has 1 aromatic rings. The van der Waals surface area contributed by atoms with Crippen molar-refractivity contribution in [3.05, 3.63) is 35.9 Å². The maximum absolute atomic E-state index is 10.2. The van der Waals surface area contributed by atoms with Crippen molar-refractivity contribution in [2.24, 2.45) is 0 Å². The van der Waals surface area contributed by atoms with Crippen LogP contribution in [0.25, 0.3) is 0 Å². The zero-order valence-corrected chi connectivity index (χ0v) is 8.83. The molecule has 0 radical (unpaired) electrons. The third-order valence-electron chi connectivity index (χ3n) is 1.19. The molecule has 6 heteroatoms. The van der Waals surface area contributed by atoms with Crippen LogP contribution >= 0.6 is 0 Å². The zero-order valence-electron chi connectivity index (χ0n) is 6.53. The van der Waals surface area contributed by atoms with Crippen LogP contribution in [0.2, 0.25) is 0 Å². The van der Waals surface area contributed by atoms with Gasteiger partial charge in [-0.25, -0.2) is 8.42 Å². The quantitative estimate of drug-likeness (QED) is 0.564. The molecule has 0 aliphatic heterocycles. The van der Waals surface area contributed by atoms with Gasteiger partial charge in [-0.05, 0) is 5.56 Å². The van der Waals surface area contributed by atoms with Crippen molar-refractivity contribution < 1.29 is 40.8 Å². The van der Waals surface area contributed by atoms with E-state index in [1.807, 2.05) is 0 Å². The standard InChI is InChI=1S/C7H8O3S.Ag.H2O/c8-11(9,10)6-7-4-2-1-3-5-7;;/h1-5H,6H2,(H,8,9,10);;1H2/q;+1;/p-1. The Morgan fingerprint density at radius 3 is 2.00 bits per heavy atom. The predicted octanol–water partition coefficient (Wildman–Crippen LogP) is -0.0954. The summed E-state index contributed by atoms with van der Waals surface area (Å²) in [4.78, 5) is 0. The molecule has 1 rings (SSSR count). The maximum Gasteiger partial charge on any atom is 1.00 e. The van der Waals surface area contributed by atoms with E-state index in [2.05, 4.69) is 0 Å². The van der Waals surface area contributed by atoms with Gasteiger partial charge in [0.2, 0.25) is 0 Å². The van der Waals surface area contributed by atoms with Crippen LogP contribution in [0.5, 0.6) is 0 Å². The van der Waals surface area contributed by atoms with Crippen molar-refractivity contribution in [3.8, 4) is 0 Å². The van der Waals surface area contributed by atoms with Gasteiger partial charge >= 0.3 is 22.4 Å². The molecule has 4 nitrogen and oxygen atoms in total. The second kappa shape index (κ2) is 6.31. The summed E-state index contributed by atoms with van der Waals surface area (Å²) in [6, 6.07) is 8.37. The molecule has 0 bridgehead atoms. The molecule has 0 heterocycles. The first-order chi connectivity index (χ1) is 5.08. The Kier molecular flexibility index (Phi) is 7.43. The minimum Gasteiger partial charge on any atom is -0.748 e. The molecule has 0 saturated heterocycles. The summed E-state index contributed by atoms with van der Waals surface area (Å²) in [5, 5.41) is 0. The summed E-state index contributed by atoms with van der Waals surface area (Å²) >= 11 is 0. The zero-order chi connectivity index (χ0) is 8.32. The number of rotatable bonds is 2. The Hall–Kier alpha value is -0.170. The van der Waals surface area contributed by atoms with Crippen LogP contribution in [0.15, 0.2) is 30.3 Å². The van der Waals surface area contributed by atoms with Gasteiger partial charge in [-0.1, -0.05) is 30.3 Å². The van der Waals surface area contributed by atoms with E-state index >= 15 is 0 Å². The van der Waals surface area contributed by atoms with Gasteiger partial charge in [-0.3, -0.25) is 0 Å². The molecule has 0 fully saturated rings.